The second-order valence-corrected chi connectivity index (χ2v) is 5.69. The van der Waals surface area contributed by atoms with E-state index in [1.807, 2.05) is 44.2 Å². The van der Waals surface area contributed by atoms with E-state index >= 15 is 0 Å². The minimum Gasteiger partial charge on any atom is -0.481 e. The van der Waals surface area contributed by atoms with Gasteiger partial charge < -0.3 is 10.1 Å². The summed E-state index contributed by atoms with van der Waals surface area (Å²) < 4.78 is 5.16. The van der Waals surface area contributed by atoms with Crippen molar-refractivity contribution in [1.29, 1.82) is 0 Å². The number of hydrogen-bond donors (Lipinski definition) is 1. The summed E-state index contributed by atoms with van der Waals surface area (Å²) in [4.78, 5) is 17.7. The molecule has 0 radical (unpaired) electrons. The van der Waals surface area contributed by atoms with Gasteiger partial charge in [0.1, 0.15) is 5.82 Å². The van der Waals surface area contributed by atoms with Gasteiger partial charge in [0.2, 0.25) is 5.88 Å². The van der Waals surface area contributed by atoms with Gasteiger partial charge in [-0.25, -0.2) is 15.0 Å². The zero-order chi connectivity index (χ0) is 17.6. The Morgan fingerprint density at radius 3 is 2.56 bits per heavy atom. The van der Waals surface area contributed by atoms with Gasteiger partial charge in [-0.1, -0.05) is 6.07 Å². The lowest BCUT2D eigenvalue weighted by Crippen LogP contribution is -2.11. The van der Waals surface area contributed by atoms with E-state index in [9.17, 15) is 0 Å². The lowest BCUT2D eigenvalue weighted by molar-refractivity contribution is 0.396. The van der Waals surface area contributed by atoms with Crippen LogP contribution in [0.4, 0.5) is 5.82 Å². The molecule has 3 aromatic heterocycles. The molecule has 0 aliphatic heterocycles. The first kappa shape index (κ1) is 16.8. The highest BCUT2D eigenvalue weighted by atomic mass is 16.5. The lowest BCUT2D eigenvalue weighted by Gasteiger charge is -2.12. The van der Waals surface area contributed by atoms with Crippen molar-refractivity contribution in [2.75, 3.05) is 19.0 Å². The van der Waals surface area contributed by atoms with Crippen molar-refractivity contribution in [3.05, 3.63) is 59.7 Å². The number of ether oxygens (including phenoxy) is 1. The van der Waals surface area contributed by atoms with Crippen molar-refractivity contribution >= 4 is 5.82 Å². The molecule has 0 spiro atoms. The van der Waals surface area contributed by atoms with Crippen molar-refractivity contribution in [3.8, 4) is 17.3 Å². The number of nitrogens with zero attached hydrogens (tertiary/aromatic N) is 4. The van der Waals surface area contributed by atoms with Crippen LogP contribution >= 0.6 is 0 Å². The topological polar surface area (TPSA) is 72.8 Å². The molecule has 3 aromatic rings. The molecule has 3 heterocycles. The van der Waals surface area contributed by atoms with E-state index in [1.54, 1.807) is 19.5 Å². The quantitative estimate of drug-likeness (QED) is 0.746. The van der Waals surface area contributed by atoms with Crippen LogP contribution in [-0.4, -0.2) is 33.6 Å². The minimum absolute atomic E-state index is 0.631. The minimum atomic E-state index is 0.631. The fourth-order valence-electron chi connectivity index (χ4n) is 2.45. The van der Waals surface area contributed by atoms with Crippen LogP contribution in [0.3, 0.4) is 0 Å². The van der Waals surface area contributed by atoms with E-state index < -0.39 is 0 Å². The van der Waals surface area contributed by atoms with E-state index in [4.69, 9.17) is 4.74 Å². The zero-order valence-electron chi connectivity index (χ0n) is 14.7. The first-order valence-electron chi connectivity index (χ1n) is 8.17. The SMILES string of the molecule is COc1cccc(CCNc2nc(-c3ccncc3)nc(C)c2C)n1. The fraction of sp³-hybridized carbons (Fsp3) is 0.263. The number of hydrogen-bond acceptors (Lipinski definition) is 6. The summed E-state index contributed by atoms with van der Waals surface area (Å²) in [5.41, 5.74) is 3.94. The van der Waals surface area contributed by atoms with Crippen LogP contribution in [0.15, 0.2) is 42.7 Å². The number of anilines is 1. The van der Waals surface area contributed by atoms with Crippen molar-refractivity contribution in [2.45, 2.75) is 20.3 Å². The Bertz CT molecular complexity index is 852. The third-order valence-corrected chi connectivity index (χ3v) is 3.99. The normalized spacial score (nSPS) is 10.5. The van der Waals surface area contributed by atoms with Gasteiger partial charge in [0.25, 0.3) is 0 Å². The van der Waals surface area contributed by atoms with Crippen LogP contribution in [0.2, 0.25) is 0 Å². The Balaban J connectivity index is 1.74. The Kier molecular flexibility index (Phi) is 5.18. The molecular weight excluding hydrogens is 314 g/mol. The van der Waals surface area contributed by atoms with E-state index in [1.165, 1.54) is 0 Å². The summed E-state index contributed by atoms with van der Waals surface area (Å²) in [6.07, 6.45) is 4.27. The molecule has 0 aliphatic rings. The van der Waals surface area contributed by atoms with E-state index in [0.717, 1.165) is 41.3 Å². The lowest BCUT2D eigenvalue weighted by atomic mass is 10.2. The third-order valence-electron chi connectivity index (χ3n) is 3.99. The number of pyridine rings is 2. The molecule has 3 rings (SSSR count). The number of aryl methyl sites for hydroxylation is 1. The summed E-state index contributed by atoms with van der Waals surface area (Å²) in [6.45, 7) is 4.75. The average molecular weight is 335 g/mol. The molecule has 6 nitrogen and oxygen atoms in total. The van der Waals surface area contributed by atoms with Crippen LogP contribution in [0.1, 0.15) is 17.0 Å². The molecule has 0 saturated carbocycles. The molecule has 0 saturated heterocycles. The predicted molar refractivity (Wildman–Crippen MR) is 97.7 cm³/mol. The van der Waals surface area contributed by atoms with Crippen molar-refractivity contribution in [2.24, 2.45) is 0 Å². The fourth-order valence-corrected chi connectivity index (χ4v) is 2.45. The van der Waals surface area contributed by atoms with Crippen LogP contribution < -0.4 is 10.1 Å². The predicted octanol–water partition coefficient (Wildman–Crippen LogP) is 3.21. The van der Waals surface area contributed by atoms with Gasteiger partial charge in [0.05, 0.1) is 7.11 Å². The van der Waals surface area contributed by atoms with Crippen molar-refractivity contribution in [1.82, 2.24) is 19.9 Å². The Morgan fingerprint density at radius 1 is 1.00 bits per heavy atom. The summed E-state index contributed by atoms with van der Waals surface area (Å²) in [5, 5.41) is 3.40. The third kappa shape index (κ3) is 4.09. The molecule has 0 aliphatic carbocycles. The molecule has 1 N–H and O–H groups in total. The van der Waals surface area contributed by atoms with Gasteiger partial charge in [0.15, 0.2) is 5.82 Å². The van der Waals surface area contributed by atoms with Gasteiger partial charge in [0, 0.05) is 53.9 Å². The first-order chi connectivity index (χ1) is 12.2. The second kappa shape index (κ2) is 7.70. The molecular formula is C19H21N5O. The zero-order valence-corrected chi connectivity index (χ0v) is 14.7. The van der Waals surface area contributed by atoms with Gasteiger partial charge >= 0.3 is 0 Å². The van der Waals surface area contributed by atoms with Gasteiger partial charge in [-0.05, 0) is 32.0 Å². The molecule has 0 fully saturated rings. The smallest absolute Gasteiger partial charge is 0.213 e. The Labute approximate surface area is 147 Å². The van der Waals surface area contributed by atoms with E-state index in [-0.39, 0.29) is 0 Å². The second-order valence-electron chi connectivity index (χ2n) is 5.69. The number of methoxy groups -OCH3 is 1. The standard InChI is InChI=1S/C19H21N5O/c1-13-14(2)22-19(15-7-10-20-11-8-15)24-18(13)21-12-9-16-5-4-6-17(23-16)25-3/h4-8,10-11H,9,12H2,1-3H3,(H,21,22,24). The number of nitrogens with one attached hydrogen (secondary N) is 1. The maximum Gasteiger partial charge on any atom is 0.213 e. The summed E-state index contributed by atoms with van der Waals surface area (Å²) in [7, 11) is 1.62. The highest BCUT2D eigenvalue weighted by Gasteiger charge is 2.09. The molecule has 128 valence electrons. The van der Waals surface area contributed by atoms with Crippen LogP contribution in [0.5, 0.6) is 5.88 Å². The first-order valence-corrected chi connectivity index (χ1v) is 8.17. The molecule has 0 bridgehead atoms. The van der Waals surface area contributed by atoms with E-state index in [2.05, 4.69) is 25.3 Å². The van der Waals surface area contributed by atoms with Gasteiger partial charge in [-0.2, -0.15) is 0 Å². The van der Waals surface area contributed by atoms with Crippen LogP contribution in [-0.2, 0) is 6.42 Å². The summed E-state index contributed by atoms with van der Waals surface area (Å²) >= 11 is 0. The highest BCUT2D eigenvalue weighted by molar-refractivity contribution is 5.59. The molecule has 0 aromatic carbocycles. The molecule has 0 atom stereocenters. The number of rotatable bonds is 6. The van der Waals surface area contributed by atoms with Gasteiger partial charge in [-0.15, -0.1) is 0 Å². The molecule has 0 amide bonds. The highest BCUT2D eigenvalue weighted by Crippen LogP contribution is 2.21. The molecule has 6 heteroatoms. The van der Waals surface area contributed by atoms with Crippen LogP contribution in [0, 0.1) is 13.8 Å². The largest absolute Gasteiger partial charge is 0.481 e. The van der Waals surface area contributed by atoms with Gasteiger partial charge in [-0.3, -0.25) is 4.98 Å². The summed E-state index contributed by atoms with van der Waals surface area (Å²) in [5.74, 6) is 2.18. The number of aromatic nitrogens is 4. The Morgan fingerprint density at radius 2 is 1.80 bits per heavy atom. The monoisotopic (exact) mass is 335 g/mol. The molecule has 0 unspecified atom stereocenters. The molecule has 25 heavy (non-hydrogen) atoms. The van der Waals surface area contributed by atoms with Crippen LogP contribution in [0.25, 0.3) is 11.4 Å². The maximum atomic E-state index is 5.16. The average Bonchev–Trinajstić information content (AvgIpc) is 2.66. The van der Waals surface area contributed by atoms with Crippen molar-refractivity contribution in [3.63, 3.8) is 0 Å². The van der Waals surface area contributed by atoms with E-state index in [0.29, 0.717) is 11.7 Å². The summed E-state index contributed by atoms with van der Waals surface area (Å²) in [6, 6.07) is 9.60. The maximum absolute atomic E-state index is 5.16. The Hall–Kier alpha value is -3.02. The van der Waals surface area contributed by atoms with Crippen molar-refractivity contribution < 1.29 is 4.74 Å².